The van der Waals surface area contributed by atoms with Crippen LogP contribution in [0.25, 0.3) is 11.4 Å². The summed E-state index contributed by atoms with van der Waals surface area (Å²) in [5.74, 6) is -0.700. The van der Waals surface area contributed by atoms with E-state index in [1.165, 1.54) is 22.0 Å². The van der Waals surface area contributed by atoms with Gasteiger partial charge in [0.05, 0.1) is 21.5 Å². The highest BCUT2D eigenvalue weighted by atomic mass is 35.5. The lowest BCUT2D eigenvalue weighted by molar-refractivity contribution is 0.0499. The molecule has 0 spiro atoms. The molecule has 2 aromatic heterocycles. The molecule has 1 aliphatic heterocycles. The van der Waals surface area contributed by atoms with E-state index < -0.39 is 5.82 Å². The van der Waals surface area contributed by atoms with Crippen molar-refractivity contribution >= 4 is 34.5 Å². The standard InChI is InChI=1S/C20H15ClFN3O3S/c21-18-7-6-17(29-18)20(27)23-10-15-9-16(24-28-15)12-1-4-14(5-2-12)25-11-13(22)3-8-19(25)26/h1-9,11,15,24H,10H2,(H,23,27). The zero-order valence-electron chi connectivity index (χ0n) is 14.9. The van der Waals surface area contributed by atoms with Crippen molar-refractivity contribution in [2.24, 2.45) is 0 Å². The number of amides is 1. The molecule has 3 aromatic rings. The molecule has 0 aliphatic carbocycles. The molecule has 0 fully saturated rings. The molecule has 1 unspecified atom stereocenters. The zero-order chi connectivity index (χ0) is 20.4. The molecule has 9 heteroatoms. The van der Waals surface area contributed by atoms with Crippen molar-refractivity contribution in [3.8, 4) is 5.69 Å². The molecule has 0 bridgehead atoms. The number of benzene rings is 1. The first-order chi connectivity index (χ1) is 14.0. The average Bonchev–Trinajstić information content (AvgIpc) is 3.37. The highest BCUT2D eigenvalue weighted by molar-refractivity contribution is 7.17. The van der Waals surface area contributed by atoms with Crippen LogP contribution in [0.3, 0.4) is 0 Å². The molecule has 0 radical (unpaired) electrons. The molecule has 1 aromatic carbocycles. The number of hydrogen-bond acceptors (Lipinski definition) is 5. The summed E-state index contributed by atoms with van der Waals surface area (Å²) in [4.78, 5) is 30.0. The fraction of sp³-hybridized carbons (Fsp3) is 0.100. The molecule has 6 nitrogen and oxygen atoms in total. The van der Waals surface area contributed by atoms with Crippen molar-refractivity contribution in [1.29, 1.82) is 0 Å². The Morgan fingerprint density at radius 2 is 2.00 bits per heavy atom. The van der Waals surface area contributed by atoms with E-state index >= 15 is 0 Å². The van der Waals surface area contributed by atoms with Crippen molar-refractivity contribution in [3.05, 3.63) is 91.8 Å². The number of carbonyl (C=O) groups is 1. The highest BCUT2D eigenvalue weighted by Gasteiger charge is 2.19. The Morgan fingerprint density at radius 1 is 1.21 bits per heavy atom. The predicted molar refractivity (Wildman–Crippen MR) is 110 cm³/mol. The first-order valence-electron chi connectivity index (χ1n) is 8.65. The third kappa shape index (κ3) is 4.40. The van der Waals surface area contributed by atoms with Gasteiger partial charge in [0.15, 0.2) is 0 Å². The summed E-state index contributed by atoms with van der Waals surface area (Å²) in [6, 6.07) is 12.7. The van der Waals surface area contributed by atoms with Crippen molar-refractivity contribution in [2.75, 3.05) is 6.54 Å². The smallest absolute Gasteiger partial charge is 0.261 e. The Balaban J connectivity index is 1.42. The number of halogens is 2. The summed E-state index contributed by atoms with van der Waals surface area (Å²) in [5.41, 5.74) is 4.64. The third-order valence-electron chi connectivity index (χ3n) is 4.27. The maximum atomic E-state index is 13.4. The molecule has 1 atom stereocenters. The molecule has 3 heterocycles. The van der Waals surface area contributed by atoms with Crippen LogP contribution in [0.4, 0.5) is 4.39 Å². The van der Waals surface area contributed by atoms with Gasteiger partial charge in [-0.1, -0.05) is 23.7 Å². The van der Waals surface area contributed by atoms with Gasteiger partial charge >= 0.3 is 0 Å². The van der Waals surface area contributed by atoms with Gasteiger partial charge < -0.3 is 5.32 Å². The van der Waals surface area contributed by atoms with Gasteiger partial charge in [-0.15, -0.1) is 11.3 Å². The molecule has 2 N–H and O–H groups in total. The fourth-order valence-corrected chi connectivity index (χ4v) is 3.79. The average molecular weight is 432 g/mol. The fourth-order valence-electron chi connectivity index (χ4n) is 2.83. The number of pyridine rings is 1. The largest absolute Gasteiger partial charge is 0.348 e. The molecule has 148 valence electrons. The number of carbonyl (C=O) groups excluding carboxylic acids is 1. The normalized spacial score (nSPS) is 15.7. The minimum Gasteiger partial charge on any atom is -0.348 e. The van der Waals surface area contributed by atoms with E-state index in [0.717, 1.165) is 23.5 Å². The predicted octanol–water partition coefficient (Wildman–Crippen LogP) is 3.37. The monoisotopic (exact) mass is 431 g/mol. The van der Waals surface area contributed by atoms with E-state index in [9.17, 15) is 14.0 Å². The summed E-state index contributed by atoms with van der Waals surface area (Å²) >= 11 is 7.05. The number of rotatable bonds is 5. The maximum absolute atomic E-state index is 13.4. The van der Waals surface area contributed by atoms with Crippen LogP contribution in [0.15, 0.2) is 65.6 Å². The molecule has 0 saturated heterocycles. The Kier molecular flexibility index (Phi) is 5.48. The van der Waals surface area contributed by atoms with E-state index in [0.29, 0.717) is 21.4 Å². The molecular weight excluding hydrogens is 417 g/mol. The summed E-state index contributed by atoms with van der Waals surface area (Å²) < 4.78 is 15.2. The van der Waals surface area contributed by atoms with Crippen LogP contribution >= 0.6 is 22.9 Å². The Hall–Kier alpha value is -2.94. The molecule has 1 amide bonds. The molecule has 1 aliphatic rings. The maximum Gasteiger partial charge on any atom is 0.261 e. The van der Waals surface area contributed by atoms with Gasteiger partial charge in [-0.2, -0.15) is 0 Å². The van der Waals surface area contributed by atoms with Gasteiger partial charge in [0.2, 0.25) is 0 Å². The third-order valence-corrected chi connectivity index (χ3v) is 5.50. The van der Waals surface area contributed by atoms with Gasteiger partial charge in [0.25, 0.3) is 11.5 Å². The first kappa shape index (κ1) is 19.4. The van der Waals surface area contributed by atoms with Crippen LogP contribution in [0.2, 0.25) is 4.34 Å². The van der Waals surface area contributed by atoms with Crippen molar-refractivity contribution < 1.29 is 14.0 Å². The van der Waals surface area contributed by atoms with Gasteiger partial charge in [-0.05, 0) is 42.0 Å². The first-order valence-corrected chi connectivity index (χ1v) is 9.85. The molecule has 4 rings (SSSR count). The quantitative estimate of drug-likeness (QED) is 0.649. The second-order valence-corrected chi connectivity index (χ2v) is 7.97. The van der Waals surface area contributed by atoms with Gasteiger partial charge in [-0.25, -0.2) is 4.39 Å². The minimum atomic E-state index is -0.489. The minimum absolute atomic E-state index is 0.211. The molecular formula is C20H15ClFN3O3S. The van der Waals surface area contributed by atoms with Crippen LogP contribution in [0, 0.1) is 5.82 Å². The number of hydrogen-bond donors (Lipinski definition) is 2. The van der Waals surface area contributed by atoms with Crippen molar-refractivity contribution in [3.63, 3.8) is 0 Å². The summed E-state index contributed by atoms with van der Waals surface area (Å²) in [7, 11) is 0. The van der Waals surface area contributed by atoms with Crippen LogP contribution in [-0.4, -0.2) is 23.1 Å². The van der Waals surface area contributed by atoms with E-state index in [1.807, 2.05) is 6.08 Å². The van der Waals surface area contributed by atoms with Crippen LogP contribution < -0.4 is 16.4 Å². The highest BCUT2D eigenvalue weighted by Crippen LogP contribution is 2.22. The second kappa shape index (κ2) is 8.20. The van der Waals surface area contributed by atoms with Crippen LogP contribution in [0.5, 0.6) is 0 Å². The lowest BCUT2D eigenvalue weighted by Crippen LogP contribution is -2.31. The van der Waals surface area contributed by atoms with Gasteiger partial charge in [0.1, 0.15) is 11.9 Å². The Bertz CT molecular complexity index is 1140. The number of nitrogens with zero attached hydrogens (tertiary/aromatic N) is 1. The second-order valence-electron chi connectivity index (χ2n) is 6.25. The number of thiophene rings is 1. The topological polar surface area (TPSA) is 72.4 Å². The SMILES string of the molecule is O=C(NCC1C=C(c2ccc(-n3cc(F)ccc3=O)cc2)NO1)c1ccc(Cl)s1. The van der Waals surface area contributed by atoms with Gasteiger partial charge in [0, 0.05) is 18.0 Å². The lowest BCUT2D eigenvalue weighted by atomic mass is 10.1. The van der Waals surface area contributed by atoms with Gasteiger partial charge in [-0.3, -0.25) is 24.5 Å². The van der Waals surface area contributed by atoms with Crippen molar-refractivity contribution in [1.82, 2.24) is 15.4 Å². The molecule has 0 saturated carbocycles. The van der Waals surface area contributed by atoms with Crippen LogP contribution in [-0.2, 0) is 4.84 Å². The van der Waals surface area contributed by atoms with E-state index in [4.69, 9.17) is 16.4 Å². The van der Waals surface area contributed by atoms with E-state index in [1.54, 1.807) is 36.4 Å². The number of hydroxylamine groups is 1. The number of nitrogens with one attached hydrogen (secondary N) is 2. The lowest BCUT2D eigenvalue weighted by Gasteiger charge is -2.09. The zero-order valence-corrected chi connectivity index (χ0v) is 16.5. The summed E-state index contributed by atoms with van der Waals surface area (Å²) in [5, 5.41) is 2.80. The van der Waals surface area contributed by atoms with E-state index in [2.05, 4.69) is 10.8 Å². The Morgan fingerprint density at radius 3 is 2.72 bits per heavy atom. The Labute approximate surface area is 174 Å². The van der Waals surface area contributed by atoms with E-state index in [-0.39, 0.29) is 17.6 Å². The van der Waals surface area contributed by atoms with Crippen molar-refractivity contribution in [2.45, 2.75) is 6.10 Å². The molecule has 29 heavy (non-hydrogen) atoms. The number of aromatic nitrogens is 1. The van der Waals surface area contributed by atoms with Crippen LogP contribution in [0.1, 0.15) is 15.2 Å². The summed E-state index contributed by atoms with van der Waals surface area (Å²) in [6.07, 6.45) is 2.66. The summed E-state index contributed by atoms with van der Waals surface area (Å²) in [6.45, 7) is 0.293.